The van der Waals surface area contributed by atoms with Crippen LogP contribution in [-0.4, -0.2) is 82.8 Å². The number of hydrogen-bond donors (Lipinski definition) is 3. The van der Waals surface area contributed by atoms with E-state index < -0.39 is 0 Å². The quantitative estimate of drug-likeness (QED) is 0.126. The van der Waals surface area contributed by atoms with Gasteiger partial charge < -0.3 is 29.8 Å². The van der Waals surface area contributed by atoms with Crippen molar-refractivity contribution in [3.8, 4) is 6.01 Å². The second-order valence-corrected chi connectivity index (χ2v) is 12.8. The number of hydrogen-bond acceptors (Lipinski definition) is 11. The van der Waals surface area contributed by atoms with Gasteiger partial charge in [-0.3, -0.25) is 14.3 Å². The number of nitrogens with zero attached hydrogens (tertiary/aromatic N) is 8. The minimum absolute atomic E-state index is 0.175. The maximum Gasteiger partial charge on any atom is 0.328 e. The lowest BCUT2D eigenvalue weighted by Crippen LogP contribution is -2.39. The van der Waals surface area contributed by atoms with Gasteiger partial charge in [0.1, 0.15) is 11.3 Å². The Bertz CT molecular complexity index is 1720. The summed E-state index contributed by atoms with van der Waals surface area (Å²) in [5, 5.41) is 9.08. The van der Waals surface area contributed by atoms with Crippen LogP contribution in [0.5, 0.6) is 6.01 Å². The van der Waals surface area contributed by atoms with Gasteiger partial charge in [0.05, 0.1) is 26.3 Å². The largest absolute Gasteiger partial charge is 0.463 e. The van der Waals surface area contributed by atoms with Gasteiger partial charge in [-0.15, -0.1) is 10.2 Å². The third kappa shape index (κ3) is 7.85. The lowest BCUT2D eigenvalue weighted by Gasteiger charge is -2.33. The lowest BCUT2D eigenvalue weighted by molar-refractivity contribution is -0.132. The Hall–Kier alpha value is -4.34. The second kappa shape index (κ2) is 15.7. The molecule has 0 spiro atoms. The number of ether oxygens (including phenoxy) is 1. The number of nitrogens with two attached hydrogens (primary N) is 2. The number of anilines is 1. The number of unbranched alkanes of at least 4 members (excludes halogenated alkanes) is 3. The first kappa shape index (κ1) is 33.6. The van der Waals surface area contributed by atoms with Crippen LogP contribution in [0.3, 0.4) is 0 Å². The van der Waals surface area contributed by atoms with Crippen molar-refractivity contribution in [1.82, 2.24) is 44.1 Å². The predicted molar refractivity (Wildman–Crippen MR) is 180 cm³/mol. The van der Waals surface area contributed by atoms with Crippen LogP contribution in [0.15, 0.2) is 29.1 Å². The Balaban J connectivity index is 0.998. The van der Waals surface area contributed by atoms with Crippen LogP contribution in [-0.2, 0) is 35.8 Å². The molecule has 6 rings (SSSR count). The number of amides is 1. The van der Waals surface area contributed by atoms with Crippen LogP contribution in [0, 0.1) is 0 Å². The predicted octanol–water partition coefficient (Wildman–Crippen LogP) is 2.69. The molecule has 0 aliphatic carbocycles. The molecule has 0 bridgehead atoms. The van der Waals surface area contributed by atoms with E-state index in [2.05, 4.69) is 70.6 Å². The Labute approximate surface area is 279 Å². The van der Waals surface area contributed by atoms with E-state index in [9.17, 15) is 9.59 Å². The molecule has 1 fully saturated rings. The van der Waals surface area contributed by atoms with Crippen molar-refractivity contribution in [1.29, 1.82) is 0 Å². The molecule has 2 aliphatic rings. The monoisotopic (exact) mass is 661 g/mol. The summed E-state index contributed by atoms with van der Waals surface area (Å²) >= 11 is 0. The van der Waals surface area contributed by atoms with Gasteiger partial charge >= 0.3 is 11.7 Å². The average Bonchev–Trinajstić information content (AvgIpc) is 3.66. The fraction of sp³-hybridized carbons (Fsp3) is 0.576. The summed E-state index contributed by atoms with van der Waals surface area (Å²) in [6.07, 6.45) is 7.08. The highest BCUT2D eigenvalue weighted by molar-refractivity contribution is 5.82. The number of nitrogen functional groups attached to an aromatic ring is 1. The number of likely N-dealkylation sites (tertiary alicyclic amines) is 1. The first-order valence-corrected chi connectivity index (χ1v) is 17.1. The molecule has 3 aromatic heterocycles. The molecule has 4 aromatic rings. The number of nitrogens with one attached hydrogen (secondary N) is 1. The van der Waals surface area contributed by atoms with Crippen molar-refractivity contribution in [2.75, 3.05) is 38.6 Å². The van der Waals surface area contributed by atoms with Gasteiger partial charge in [-0.2, -0.15) is 9.97 Å². The van der Waals surface area contributed by atoms with Crippen molar-refractivity contribution in [2.45, 2.75) is 90.4 Å². The van der Waals surface area contributed by atoms with Gasteiger partial charge in [0.15, 0.2) is 17.3 Å². The number of aromatic amines is 1. The van der Waals surface area contributed by atoms with Crippen molar-refractivity contribution < 1.29 is 14.4 Å². The smallest absolute Gasteiger partial charge is 0.328 e. The molecule has 0 radical (unpaired) electrons. The maximum atomic E-state index is 12.8. The van der Waals surface area contributed by atoms with Crippen LogP contribution in [0.1, 0.15) is 87.0 Å². The van der Waals surface area contributed by atoms with Crippen LogP contribution >= 0.6 is 0 Å². The van der Waals surface area contributed by atoms with Crippen LogP contribution in [0.4, 0.5) is 5.82 Å². The highest BCUT2D eigenvalue weighted by Gasteiger charge is 2.30. The molecular formula is C33H47N11O4. The van der Waals surface area contributed by atoms with E-state index in [0.717, 1.165) is 88.3 Å². The number of benzene rings is 1. The summed E-state index contributed by atoms with van der Waals surface area (Å²) in [4.78, 5) is 46.0. The fourth-order valence-corrected chi connectivity index (χ4v) is 6.58. The minimum atomic E-state index is -0.288. The number of piperidine rings is 1. The Morgan fingerprint density at radius 3 is 2.48 bits per heavy atom. The first-order chi connectivity index (χ1) is 23.4. The summed E-state index contributed by atoms with van der Waals surface area (Å²) in [5.74, 6) is 7.75. The van der Waals surface area contributed by atoms with Crippen molar-refractivity contribution in [3.63, 3.8) is 0 Å². The van der Waals surface area contributed by atoms with Gasteiger partial charge in [-0.05, 0) is 56.3 Å². The maximum absolute atomic E-state index is 12.8. The molecule has 5 N–H and O–H groups in total. The van der Waals surface area contributed by atoms with E-state index >= 15 is 0 Å². The number of fused-ring (bicyclic) bond motifs is 2. The highest BCUT2D eigenvalue weighted by atomic mass is 16.6. The SMILES string of the molecule is CCCCOc1nc(N)c2[nH]c(=O)n(Cc3ccc(CN4CCC(c5nnc6n5CCN(C(=O)CCCCCON)C6)CC4)cc3)c2n1. The van der Waals surface area contributed by atoms with E-state index in [-0.39, 0.29) is 23.4 Å². The van der Waals surface area contributed by atoms with Crippen molar-refractivity contribution in [2.24, 2.45) is 5.90 Å². The fourth-order valence-electron chi connectivity index (χ4n) is 6.58. The molecular weight excluding hydrogens is 614 g/mol. The zero-order valence-electron chi connectivity index (χ0n) is 27.8. The zero-order valence-corrected chi connectivity index (χ0v) is 27.8. The lowest BCUT2D eigenvalue weighted by atomic mass is 9.95. The molecule has 1 aromatic carbocycles. The van der Waals surface area contributed by atoms with E-state index in [4.69, 9.17) is 16.4 Å². The molecule has 48 heavy (non-hydrogen) atoms. The molecule has 258 valence electrons. The summed E-state index contributed by atoms with van der Waals surface area (Å²) in [7, 11) is 0. The topological polar surface area (TPSA) is 188 Å². The van der Waals surface area contributed by atoms with Crippen LogP contribution in [0.2, 0.25) is 0 Å². The van der Waals surface area contributed by atoms with Gasteiger partial charge in [-0.25, -0.2) is 10.7 Å². The molecule has 5 heterocycles. The van der Waals surface area contributed by atoms with Gasteiger partial charge in [0.2, 0.25) is 5.91 Å². The van der Waals surface area contributed by atoms with E-state index in [1.54, 1.807) is 4.57 Å². The summed E-state index contributed by atoms with van der Waals surface area (Å²) < 4.78 is 9.47. The van der Waals surface area contributed by atoms with Crippen LogP contribution < -0.4 is 22.1 Å². The third-order valence-electron chi connectivity index (χ3n) is 9.37. The molecule has 15 nitrogen and oxygen atoms in total. The normalized spacial score (nSPS) is 15.7. The summed E-state index contributed by atoms with van der Waals surface area (Å²) in [6.45, 7) is 8.23. The molecule has 0 saturated carbocycles. The van der Waals surface area contributed by atoms with Gasteiger partial charge in [0.25, 0.3) is 0 Å². The van der Waals surface area contributed by atoms with E-state index in [1.807, 2.05) is 4.90 Å². The zero-order chi connectivity index (χ0) is 33.5. The number of H-pyrrole nitrogens is 1. The number of imidazole rings is 1. The molecule has 0 unspecified atom stereocenters. The minimum Gasteiger partial charge on any atom is -0.463 e. The second-order valence-electron chi connectivity index (χ2n) is 12.8. The van der Waals surface area contributed by atoms with Crippen molar-refractivity contribution >= 4 is 22.9 Å². The Morgan fingerprint density at radius 2 is 1.73 bits per heavy atom. The molecule has 2 aliphatic heterocycles. The Kier molecular flexibility index (Phi) is 11.0. The summed E-state index contributed by atoms with van der Waals surface area (Å²) in [5.41, 5.74) is 8.88. The molecule has 1 saturated heterocycles. The number of rotatable bonds is 15. The number of aromatic nitrogens is 7. The standard InChI is InChI=1S/C33H47N11O4/c1-2-3-18-47-32-37-29(34)28-31(38-32)44(33(46)36-28)21-24-10-8-23(9-11-24)20-41-14-12-25(13-15-41)30-40-39-26-22-42(16-17-43(26)30)27(45)7-5-4-6-19-48-35/h8-11,25H,2-7,12-22,35H2,1H3,(H,36,46)(H2,34,37,38). The highest BCUT2D eigenvalue weighted by Crippen LogP contribution is 2.29. The average molecular weight is 662 g/mol. The Morgan fingerprint density at radius 1 is 0.958 bits per heavy atom. The van der Waals surface area contributed by atoms with Crippen LogP contribution in [0.25, 0.3) is 11.2 Å². The van der Waals surface area contributed by atoms with Gasteiger partial charge in [-0.1, -0.05) is 44.0 Å². The number of carbonyl (C=O) groups excluding carboxylic acids is 1. The third-order valence-corrected chi connectivity index (χ3v) is 9.37. The molecule has 15 heteroatoms. The summed E-state index contributed by atoms with van der Waals surface area (Å²) in [6, 6.07) is 8.55. The molecule has 0 atom stereocenters. The van der Waals surface area contributed by atoms with Gasteiger partial charge in [0, 0.05) is 32.0 Å². The van der Waals surface area contributed by atoms with E-state index in [1.165, 1.54) is 5.56 Å². The molecule has 1 amide bonds. The number of carbonyl (C=O) groups is 1. The first-order valence-electron chi connectivity index (χ1n) is 17.1. The van der Waals surface area contributed by atoms with Crippen molar-refractivity contribution in [3.05, 3.63) is 57.5 Å². The van der Waals surface area contributed by atoms with E-state index in [0.29, 0.717) is 56.4 Å².